The minimum atomic E-state index is -0.478. The Kier molecular flexibility index (Phi) is 3.03. The van der Waals surface area contributed by atoms with Crippen molar-refractivity contribution in [2.45, 2.75) is 6.42 Å². The van der Waals surface area contributed by atoms with Gasteiger partial charge in [0, 0.05) is 19.0 Å². The molecule has 0 aliphatic carbocycles. The number of methoxy groups -OCH3 is 1. The first-order valence-electron chi connectivity index (χ1n) is 5.13. The number of anilines is 1. The van der Waals surface area contributed by atoms with E-state index >= 15 is 0 Å². The molecule has 1 aliphatic rings. The monoisotopic (exact) mass is 224 g/mol. The number of aromatic nitrogens is 1. The van der Waals surface area contributed by atoms with Crippen LogP contribution in [0.1, 0.15) is 6.42 Å². The molecule has 1 aliphatic heterocycles. The first kappa shape index (κ1) is 10.9. The third kappa shape index (κ3) is 2.29. The van der Waals surface area contributed by atoms with Crippen LogP contribution >= 0.6 is 0 Å². The highest BCUT2D eigenvalue weighted by Gasteiger charge is 2.29. The van der Waals surface area contributed by atoms with Crippen molar-refractivity contribution in [1.82, 2.24) is 4.98 Å². The van der Waals surface area contributed by atoms with Crippen LogP contribution in [0.4, 0.5) is 10.2 Å². The number of hydrogen-bond acceptors (Lipinski definition) is 4. The van der Waals surface area contributed by atoms with Crippen LogP contribution < -0.4 is 4.90 Å². The molecule has 0 N–H and O–H groups in total. The van der Waals surface area contributed by atoms with Crippen LogP contribution in [0.3, 0.4) is 0 Å². The zero-order valence-corrected chi connectivity index (χ0v) is 9.02. The molecule has 1 fully saturated rings. The molecule has 2 heterocycles. The van der Waals surface area contributed by atoms with Gasteiger partial charge in [-0.05, 0) is 12.1 Å². The molecule has 1 aromatic rings. The summed E-state index contributed by atoms with van der Waals surface area (Å²) in [5.74, 6) is 0.240. The van der Waals surface area contributed by atoms with Gasteiger partial charge in [0.25, 0.3) is 0 Å². The summed E-state index contributed by atoms with van der Waals surface area (Å²) in [6, 6.07) is 4.71. The Bertz CT molecular complexity index is 391. The standard InChI is InChI=1S/C11H13FN2O2/c1-16-11(15)5-8-6-14(7-8)10-4-2-3-9(12)13-10/h2-4,8H,5-7H2,1H3. The zero-order valence-electron chi connectivity index (χ0n) is 9.02. The third-order valence-electron chi connectivity index (χ3n) is 2.66. The summed E-state index contributed by atoms with van der Waals surface area (Å²) >= 11 is 0. The van der Waals surface area contributed by atoms with Crippen molar-refractivity contribution in [2.75, 3.05) is 25.1 Å². The van der Waals surface area contributed by atoms with Crippen LogP contribution in [-0.2, 0) is 9.53 Å². The lowest BCUT2D eigenvalue weighted by atomic mass is 9.96. The molecule has 5 heteroatoms. The number of nitrogens with zero attached hydrogens (tertiary/aromatic N) is 2. The van der Waals surface area contributed by atoms with Gasteiger partial charge in [-0.15, -0.1) is 0 Å². The SMILES string of the molecule is COC(=O)CC1CN(c2cccc(F)n2)C1. The number of carbonyl (C=O) groups is 1. The Labute approximate surface area is 93.0 Å². The van der Waals surface area contributed by atoms with Crippen molar-refractivity contribution >= 4 is 11.8 Å². The molecule has 0 unspecified atom stereocenters. The van der Waals surface area contributed by atoms with Crippen molar-refractivity contribution in [3.8, 4) is 0 Å². The van der Waals surface area contributed by atoms with Crippen molar-refractivity contribution in [3.05, 3.63) is 24.1 Å². The average Bonchev–Trinajstić information content (AvgIpc) is 2.22. The molecule has 0 saturated carbocycles. The second kappa shape index (κ2) is 4.47. The number of esters is 1. The van der Waals surface area contributed by atoms with Crippen LogP contribution in [0.5, 0.6) is 0 Å². The van der Waals surface area contributed by atoms with Gasteiger partial charge in [0.2, 0.25) is 5.95 Å². The smallest absolute Gasteiger partial charge is 0.305 e. The van der Waals surface area contributed by atoms with Gasteiger partial charge in [0.1, 0.15) is 5.82 Å². The van der Waals surface area contributed by atoms with Crippen LogP contribution in [0.15, 0.2) is 18.2 Å². The lowest BCUT2D eigenvalue weighted by molar-refractivity contribution is -0.141. The fourth-order valence-corrected chi connectivity index (χ4v) is 1.78. The van der Waals surface area contributed by atoms with Gasteiger partial charge in [-0.2, -0.15) is 4.39 Å². The molecule has 0 amide bonds. The summed E-state index contributed by atoms with van der Waals surface area (Å²) in [5.41, 5.74) is 0. The lowest BCUT2D eigenvalue weighted by Crippen LogP contribution is -2.48. The number of ether oxygens (including phenoxy) is 1. The third-order valence-corrected chi connectivity index (χ3v) is 2.66. The van der Waals surface area contributed by atoms with Crippen LogP contribution in [-0.4, -0.2) is 31.2 Å². The van der Waals surface area contributed by atoms with E-state index in [1.54, 1.807) is 12.1 Å². The van der Waals surface area contributed by atoms with E-state index in [4.69, 9.17) is 0 Å². The molecule has 2 rings (SSSR count). The zero-order chi connectivity index (χ0) is 11.5. The molecule has 86 valence electrons. The largest absolute Gasteiger partial charge is 0.469 e. The summed E-state index contributed by atoms with van der Waals surface area (Å²) in [6.45, 7) is 1.46. The van der Waals surface area contributed by atoms with Crippen molar-refractivity contribution < 1.29 is 13.9 Å². The normalized spacial score (nSPS) is 15.8. The van der Waals surface area contributed by atoms with Crippen LogP contribution in [0.2, 0.25) is 0 Å². The highest BCUT2D eigenvalue weighted by atomic mass is 19.1. The van der Waals surface area contributed by atoms with Gasteiger partial charge in [0.05, 0.1) is 13.5 Å². The number of hydrogen-bond donors (Lipinski definition) is 0. The maximum absolute atomic E-state index is 12.8. The minimum absolute atomic E-state index is 0.197. The highest BCUT2D eigenvalue weighted by molar-refractivity contribution is 5.70. The molecule has 4 nitrogen and oxygen atoms in total. The predicted octanol–water partition coefficient (Wildman–Crippen LogP) is 1.22. The molecule has 0 bridgehead atoms. The van der Waals surface area contributed by atoms with E-state index in [2.05, 4.69) is 9.72 Å². The van der Waals surface area contributed by atoms with E-state index in [1.807, 2.05) is 4.90 Å². The molecular formula is C11H13FN2O2. The van der Waals surface area contributed by atoms with E-state index in [-0.39, 0.29) is 11.9 Å². The molecule has 0 spiro atoms. The molecule has 0 atom stereocenters. The number of rotatable bonds is 3. The first-order chi connectivity index (χ1) is 7.69. The first-order valence-corrected chi connectivity index (χ1v) is 5.13. The second-order valence-corrected chi connectivity index (χ2v) is 3.87. The van der Waals surface area contributed by atoms with E-state index in [0.717, 1.165) is 13.1 Å². The molecule has 1 aromatic heterocycles. The van der Waals surface area contributed by atoms with Gasteiger partial charge < -0.3 is 9.64 Å². The predicted molar refractivity (Wildman–Crippen MR) is 56.5 cm³/mol. The topological polar surface area (TPSA) is 42.4 Å². The Balaban J connectivity index is 1.86. The summed E-state index contributed by atoms with van der Waals surface area (Å²) in [7, 11) is 1.38. The fourth-order valence-electron chi connectivity index (χ4n) is 1.78. The summed E-state index contributed by atoms with van der Waals surface area (Å²) in [6.07, 6.45) is 0.419. The molecule has 0 aromatic carbocycles. The van der Waals surface area contributed by atoms with Gasteiger partial charge in [-0.25, -0.2) is 4.98 Å². The number of carbonyl (C=O) groups excluding carboxylic acids is 1. The summed E-state index contributed by atoms with van der Waals surface area (Å²) in [4.78, 5) is 16.7. The van der Waals surface area contributed by atoms with Gasteiger partial charge in [-0.3, -0.25) is 4.79 Å². The Hall–Kier alpha value is -1.65. The maximum atomic E-state index is 12.8. The average molecular weight is 224 g/mol. The maximum Gasteiger partial charge on any atom is 0.305 e. The second-order valence-electron chi connectivity index (χ2n) is 3.87. The van der Waals surface area contributed by atoms with Gasteiger partial charge >= 0.3 is 5.97 Å². The van der Waals surface area contributed by atoms with Crippen molar-refractivity contribution in [1.29, 1.82) is 0 Å². The number of halogens is 1. The van der Waals surface area contributed by atoms with Crippen LogP contribution in [0.25, 0.3) is 0 Å². The van der Waals surface area contributed by atoms with E-state index in [1.165, 1.54) is 13.2 Å². The van der Waals surface area contributed by atoms with E-state index in [0.29, 0.717) is 12.2 Å². The summed E-state index contributed by atoms with van der Waals surface area (Å²) in [5, 5.41) is 0. The molecule has 0 radical (unpaired) electrons. The molecule has 1 saturated heterocycles. The van der Waals surface area contributed by atoms with Crippen LogP contribution in [0, 0.1) is 11.9 Å². The van der Waals surface area contributed by atoms with Crippen molar-refractivity contribution in [3.63, 3.8) is 0 Å². The quantitative estimate of drug-likeness (QED) is 0.572. The highest BCUT2D eigenvalue weighted by Crippen LogP contribution is 2.24. The Morgan fingerprint density at radius 1 is 1.62 bits per heavy atom. The van der Waals surface area contributed by atoms with Crippen molar-refractivity contribution in [2.24, 2.45) is 5.92 Å². The van der Waals surface area contributed by atoms with E-state index in [9.17, 15) is 9.18 Å². The Morgan fingerprint density at radius 3 is 3.00 bits per heavy atom. The minimum Gasteiger partial charge on any atom is -0.469 e. The fraction of sp³-hybridized carbons (Fsp3) is 0.455. The Morgan fingerprint density at radius 2 is 2.38 bits per heavy atom. The lowest BCUT2D eigenvalue weighted by Gasteiger charge is -2.39. The summed E-state index contributed by atoms with van der Waals surface area (Å²) < 4.78 is 17.4. The molecular weight excluding hydrogens is 211 g/mol. The van der Waals surface area contributed by atoms with Gasteiger partial charge in [0.15, 0.2) is 0 Å². The number of pyridine rings is 1. The van der Waals surface area contributed by atoms with E-state index < -0.39 is 5.95 Å². The molecule has 16 heavy (non-hydrogen) atoms. The van der Waals surface area contributed by atoms with Gasteiger partial charge in [-0.1, -0.05) is 6.07 Å².